The van der Waals surface area contributed by atoms with E-state index in [9.17, 15) is 9.59 Å². The van der Waals surface area contributed by atoms with Crippen molar-refractivity contribution in [1.82, 2.24) is 5.32 Å². The number of carbonyl (C=O) groups excluding carboxylic acids is 2. The molecule has 2 amide bonds. The summed E-state index contributed by atoms with van der Waals surface area (Å²) in [6.45, 7) is 4.90. The lowest BCUT2D eigenvalue weighted by Crippen LogP contribution is -3.08. The van der Waals surface area contributed by atoms with Crippen molar-refractivity contribution in [2.75, 3.05) is 26.0 Å². The molecular weight excluding hydrogens is 350 g/mol. The molecule has 138 valence electrons. The molecule has 0 aliphatic rings. The maximum absolute atomic E-state index is 12.3. The second-order valence-corrected chi connectivity index (χ2v) is 6.98. The van der Waals surface area contributed by atoms with E-state index < -0.39 is 0 Å². The average molecular weight is 375 g/mol. The Kier molecular flexibility index (Phi) is 6.77. The quantitative estimate of drug-likeness (QED) is 0.724. The molecule has 6 heteroatoms. The summed E-state index contributed by atoms with van der Waals surface area (Å²) in [5.41, 5.74) is 4.37. The maximum atomic E-state index is 12.3. The summed E-state index contributed by atoms with van der Waals surface area (Å²) in [5.74, 6) is -0.194. The predicted molar refractivity (Wildman–Crippen MR) is 105 cm³/mol. The molecule has 3 N–H and O–H groups in total. The highest BCUT2D eigenvalue weighted by molar-refractivity contribution is 6.34. The van der Waals surface area contributed by atoms with Crippen molar-refractivity contribution in [3.05, 3.63) is 63.7 Å². The van der Waals surface area contributed by atoms with Crippen LogP contribution >= 0.6 is 11.6 Å². The first kappa shape index (κ1) is 19.9. The Hall–Kier alpha value is -2.37. The Labute approximate surface area is 159 Å². The van der Waals surface area contributed by atoms with E-state index in [0.29, 0.717) is 29.4 Å². The summed E-state index contributed by atoms with van der Waals surface area (Å²) in [6.07, 6.45) is 0. The van der Waals surface area contributed by atoms with Gasteiger partial charge in [-0.1, -0.05) is 29.8 Å². The molecule has 1 atom stereocenters. The number of aryl methyl sites for hydroxylation is 2. The summed E-state index contributed by atoms with van der Waals surface area (Å²) in [4.78, 5) is 24.9. The number of likely N-dealkylation sites (N-methyl/N-ethyl adjacent to an activating group) is 1. The van der Waals surface area contributed by atoms with E-state index in [-0.39, 0.29) is 11.8 Å². The lowest BCUT2D eigenvalue weighted by atomic mass is 10.1. The number of halogens is 1. The molecule has 5 nitrogen and oxygen atoms in total. The number of hydrogen-bond acceptors (Lipinski definition) is 2. The lowest BCUT2D eigenvalue weighted by Gasteiger charge is -2.16. The Morgan fingerprint density at radius 1 is 1.12 bits per heavy atom. The third-order valence-corrected chi connectivity index (χ3v) is 4.41. The molecule has 0 fully saturated rings. The predicted octanol–water partition coefficient (Wildman–Crippen LogP) is 1.97. The fourth-order valence-corrected chi connectivity index (χ4v) is 3.23. The first-order valence-electron chi connectivity index (χ1n) is 8.49. The SMILES string of the molecule is CNC(=O)c1ccc(C[NH+](C)CC(=O)Nc2c(C)cc(C)cc2Cl)cc1. The van der Waals surface area contributed by atoms with Crippen LogP contribution < -0.4 is 15.5 Å². The van der Waals surface area contributed by atoms with E-state index in [1.54, 1.807) is 19.2 Å². The third-order valence-electron chi connectivity index (χ3n) is 4.11. The van der Waals surface area contributed by atoms with Crippen LogP contribution in [0, 0.1) is 13.8 Å². The van der Waals surface area contributed by atoms with Gasteiger partial charge in [0.05, 0.1) is 17.8 Å². The van der Waals surface area contributed by atoms with Gasteiger partial charge in [-0.2, -0.15) is 0 Å². The van der Waals surface area contributed by atoms with E-state index in [1.807, 2.05) is 45.2 Å². The second kappa shape index (κ2) is 8.83. The van der Waals surface area contributed by atoms with Gasteiger partial charge in [-0.15, -0.1) is 0 Å². The third kappa shape index (κ3) is 5.31. The largest absolute Gasteiger partial charge is 0.355 e. The lowest BCUT2D eigenvalue weighted by molar-refractivity contribution is -0.885. The molecule has 2 aromatic carbocycles. The van der Waals surface area contributed by atoms with Crippen LogP contribution in [0.3, 0.4) is 0 Å². The van der Waals surface area contributed by atoms with Gasteiger partial charge in [-0.25, -0.2) is 0 Å². The molecule has 0 saturated carbocycles. The van der Waals surface area contributed by atoms with Crippen LogP contribution in [-0.4, -0.2) is 32.5 Å². The molecule has 2 aromatic rings. The fraction of sp³-hybridized carbons (Fsp3) is 0.300. The standard InChI is InChI=1S/C20H24ClN3O2/c1-13-9-14(2)19(17(21)10-13)23-18(25)12-24(4)11-15-5-7-16(8-6-15)20(26)22-3/h5-10H,11-12H2,1-4H3,(H,22,26)(H,23,25)/p+1. The minimum absolute atomic E-state index is 0.0849. The number of benzene rings is 2. The maximum Gasteiger partial charge on any atom is 0.279 e. The fourth-order valence-electron chi connectivity index (χ4n) is 2.86. The van der Waals surface area contributed by atoms with E-state index in [2.05, 4.69) is 10.6 Å². The van der Waals surface area contributed by atoms with Crippen molar-refractivity contribution in [2.24, 2.45) is 0 Å². The Morgan fingerprint density at radius 3 is 2.35 bits per heavy atom. The molecule has 0 heterocycles. The molecule has 2 rings (SSSR count). The van der Waals surface area contributed by atoms with Crippen molar-refractivity contribution >= 4 is 29.1 Å². The van der Waals surface area contributed by atoms with Gasteiger partial charge in [-0.3, -0.25) is 9.59 Å². The van der Waals surface area contributed by atoms with E-state index in [4.69, 9.17) is 11.6 Å². The molecule has 26 heavy (non-hydrogen) atoms. The summed E-state index contributed by atoms with van der Waals surface area (Å²) < 4.78 is 0. The van der Waals surface area contributed by atoms with Crippen LogP contribution in [0.25, 0.3) is 0 Å². The van der Waals surface area contributed by atoms with Gasteiger partial charge < -0.3 is 15.5 Å². The minimum Gasteiger partial charge on any atom is -0.355 e. The van der Waals surface area contributed by atoms with Crippen molar-refractivity contribution in [2.45, 2.75) is 20.4 Å². The van der Waals surface area contributed by atoms with Crippen molar-refractivity contribution in [3.8, 4) is 0 Å². The molecule has 1 unspecified atom stereocenters. The first-order valence-corrected chi connectivity index (χ1v) is 8.87. The highest BCUT2D eigenvalue weighted by Crippen LogP contribution is 2.27. The van der Waals surface area contributed by atoms with Gasteiger partial charge in [0.15, 0.2) is 6.54 Å². The molecular formula is C20H25ClN3O2+. The van der Waals surface area contributed by atoms with E-state index in [0.717, 1.165) is 21.6 Å². The zero-order chi connectivity index (χ0) is 19.3. The number of amides is 2. The second-order valence-electron chi connectivity index (χ2n) is 6.57. The van der Waals surface area contributed by atoms with Crippen molar-refractivity contribution in [3.63, 3.8) is 0 Å². The summed E-state index contributed by atoms with van der Waals surface area (Å²) in [7, 11) is 3.56. The van der Waals surface area contributed by atoms with Crippen LogP contribution in [0.15, 0.2) is 36.4 Å². The molecule has 0 bridgehead atoms. The molecule has 0 saturated heterocycles. The number of nitrogens with one attached hydrogen (secondary N) is 3. The van der Waals surface area contributed by atoms with E-state index >= 15 is 0 Å². The Morgan fingerprint density at radius 2 is 1.77 bits per heavy atom. The molecule has 0 aliphatic carbocycles. The van der Waals surface area contributed by atoms with Crippen LogP contribution in [0.2, 0.25) is 5.02 Å². The van der Waals surface area contributed by atoms with Gasteiger partial charge in [0.25, 0.3) is 11.8 Å². The van der Waals surface area contributed by atoms with Crippen molar-refractivity contribution in [1.29, 1.82) is 0 Å². The smallest absolute Gasteiger partial charge is 0.279 e. The van der Waals surface area contributed by atoms with E-state index in [1.165, 1.54) is 0 Å². The number of hydrogen-bond donors (Lipinski definition) is 3. The van der Waals surface area contributed by atoms with Crippen molar-refractivity contribution < 1.29 is 14.5 Å². The number of quaternary nitrogens is 1. The van der Waals surface area contributed by atoms with Gasteiger partial charge in [-0.05, 0) is 43.2 Å². The number of rotatable bonds is 6. The first-order chi connectivity index (χ1) is 12.3. The Balaban J connectivity index is 1.94. The van der Waals surface area contributed by atoms with Gasteiger partial charge in [0.1, 0.15) is 6.54 Å². The monoisotopic (exact) mass is 374 g/mol. The molecule has 0 radical (unpaired) electrons. The van der Waals surface area contributed by atoms with Gasteiger partial charge >= 0.3 is 0 Å². The minimum atomic E-state index is -0.109. The average Bonchev–Trinajstić information content (AvgIpc) is 2.58. The van der Waals surface area contributed by atoms with Gasteiger partial charge in [0, 0.05) is 18.2 Å². The van der Waals surface area contributed by atoms with Crippen LogP contribution in [-0.2, 0) is 11.3 Å². The number of anilines is 1. The molecule has 0 spiro atoms. The van der Waals surface area contributed by atoms with Gasteiger partial charge in [0.2, 0.25) is 0 Å². The highest BCUT2D eigenvalue weighted by atomic mass is 35.5. The molecule has 0 aliphatic heterocycles. The zero-order valence-electron chi connectivity index (χ0n) is 15.6. The summed E-state index contributed by atoms with van der Waals surface area (Å²) in [5, 5.41) is 6.06. The van der Waals surface area contributed by atoms with Crippen LogP contribution in [0.5, 0.6) is 0 Å². The normalized spacial score (nSPS) is 11.7. The summed E-state index contributed by atoms with van der Waals surface area (Å²) >= 11 is 6.24. The highest BCUT2D eigenvalue weighted by Gasteiger charge is 2.14. The molecule has 0 aromatic heterocycles. The Bertz CT molecular complexity index is 780. The number of carbonyl (C=O) groups is 2. The summed E-state index contributed by atoms with van der Waals surface area (Å²) in [6, 6.07) is 11.2. The zero-order valence-corrected chi connectivity index (χ0v) is 16.3. The van der Waals surface area contributed by atoms with Crippen LogP contribution in [0.1, 0.15) is 27.0 Å². The topological polar surface area (TPSA) is 62.6 Å². The van der Waals surface area contributed by atoms with Crippen LogP contribution in [0.4, 0.5) is 5.69 Å².